The lowest BCUT2D eigenvalue weighted by molar-refractivity contribution is -0.145. The molecule has 4 rings (SSSR count). The van der Waals surface area contributed by atoms with E-state index in [9.17, 15) is 9.59 Å². The molecule has 0 aromatic heterocycles. The molecule has 2 bridgehead atoms. The summed E-state index contributed by atoms with van der Waals surface area (Å²) in [5.74, 6) is 0.742. The lowest BCUT2D eigenvalue weighted by atomic mass is 9.65. The second kappa shape index (κ2) is 7.09. The summed E-state index contributed by atoms with van der Waals surface area (Å²) < 4.78 is 5.63. The van der Waals surface area contributed by atoms with E-state index in [1.54, 1.807) is 4.90 Å². The number of para-hydroxylation sites is 1. The average molecular weight is 385 g/mol. The van der Waals surface area contributed by atoms with E-state index in [1.165, 1.54) is 6.42 Å². The fourth-order valence-electron chi connectivity index (χ4n) is 5.98. The number of hydrogen-bond acceptors (Lipinski definition) is 3. The van der Waals surface area contributed by atoms with Crippen molar-refractivity contribution < 1.29 is 14.3 Å². The number of carbonyl (C=O) groups excluding carboxylic acids is 2. The van der Waals surface area contributed by atoms with Gasteiger partial charge in [0.2, 0.25) is 5.91 Å². The molecule has 152 valence electrons. The summed E-state index contributed by atoms with van der Waals surface area (Å²) in [5, 5.41) is 0. The third-order valence-electron chi connectivity index (χ3n) is 6.66. The largest absolute Gasteiger partial charge is 0.484 e. The van der Waals surface area contributed by atoms with E-state index in [4.69, 9.17) is 4.74 Å². The Bertz CT molecular complexity index is 747. The van der Waals surface area contributed by atoms with Crippen LogP contribution in [-0.4, -0.2) is 53.4 Å². The molecule has 2 heterocycles. The Hall–Kier alpha value is -2.04. The van der Waals surface area contributed by atoms with E-state index in [2.05, 4.69) is 25.7 Å². The highest BCUT2D eigenvalue weighted by atomic mass is 16.5. The molecular formula is C23H32N2O3. The van der Waals surface area contributed by atoms with Gasteiger partial charge in [-0.15, -0.1) is 0 Å². The molecule has 0 radical (unpaired) electrons. The third kappa shape index (κ3) is 3.76. The molecule has 1 aromatic carbocycles. The Balaban J connectivity index is 1.42. The van der Waals surface area contributed by atoms with Crippen LogP contribution in [0.4, 0.5) is 0 Å². The molecule has 1 saturated carbocycles. The molecule has 2 aliphatic heterocycles. The first-order valence-electron chi connectivity index (χ1n) is 10.5. The normalized spacial score (nSPS) is 31.1. The Morgan fingerprint density at radius 2 is 1.86 bits per heavy atom. The number of rotatable bonds is 4. The van der Waals surface area contributed by atoms with Gasteiger partial charge in [-0.1, -0.05) is 39.0 Å². The van der Waals surface area contributed by atoms with Crippen LogP contribution in [0, 0.1) is 10.8 Å². The highest BCUT2D eigenvalue weighted by Gasteiger charge is 2.52. The van der Waals surface area contributed by atoms with Crippen LogP contribution in [0.1, 0.15) is 52.9 Å². The van der Waals surface area contributed by atoms with Gasteiger partial charge in [-0.3, -0.25) is 9.59 Å². The van der Waals surface area contributed by atoms with E-state index in [-0.39, 0.29) is 35.3 Å². The number of likely N-dealkylation sites (tertiary alicyclic amines) is 2. The van der Waals surface area contributed by atoms with Gasteiger partial charge in [-0.05, 0) is 55.1 Å². The predicted molar refractivity (Wildman–Crippen MR) is 108 cm³/mol. The van der Waals surface area contributed by atoms with Gasteiger partial charge >= 0.3 is 0 Å². The summed E-state index contributed by atoms with van der Waals surface area (Å²) in [6, 6.07) is 9.36. The number of hydrogen-bond donors (Lipinski definition) is 0. The first-order valence-corrected chi connectivity index (χ1v) is 10.5. The number of fused-ring (bicyclic) bond motifs is 2. The maximum absolute atomic E-state index is 13.4. The molecule has 0 spiro atoms. The van der Waals surface area contributed by atoms with Crippen molar-refractivity contribution in [3.63, 3.8) is 0 Å². The minimum absolute atomic E-state index is 0.0119. The Morgan fingerprint density at radius 3 is 2.61 bits per heavy atom. The standard InChI is InChI=1S/C23H32N2O3/c1-22(2)12-17-13-23(3,15-22)16-25(17)21(27)19-10-7-11-24(19)20(26)14-28-18-8-5-4-6-9-18/h4-6,8-9,17,19H,7,10-16H2,1-3H3. The Kier molecular flexibility index (Phi) is 4.88. The molecule has 5 heteroatoms. The number of ether oxygens (including phenoxy) is 1. The zero-order valence-corrected chi connectivity index (χ0v) is 17.3. The van der Waals surface area contributed by atoms with Gasteiger partial charge < -0.3 is 14.5 Å². The van der Waals surface area contributed by atoms with Crippen LogP contribution >= 0.6 is 0 Å². The first-order chi connectivity index (χ1) is 13.3. The number of benzene rings is 1. The van der Waals surface area contributed by atoms with Crippen LogP contribution in [0.3, 0.4) is 0 Å². The molecule has 1 aliphatic carbocycles. The molecule has 5 nitrogen and oxygen atoms in total. The molecule has 3 aliphatic rings. The van der Waals surface area contributed by atoms with Gasteiger partial charge in [0.05, 0.1) is 0 Å². The second-order valence-electron chi connectivity index (χ2n) is 10.0. The predicted octanol–water partition coefficient (Wildman–Crippen LogP) is 3.48. The van der Waals surface area contributed by atoms with Gasteiger partial charge in [0.15, 0.2) is 6.61 Å². The second-order valence-corrected chi connectivity index (χ2v) is 10.0. The number of carbonyl (C=O) groups is 2. The van der Waals surface area contributed by atoms with Crippen LogP contribution in [0.5, 0.6) is 5.75 Å². The zero-order chi connectivity index (χ0) is 19.9. The Morgan fingerprint density at radius 1 is 1.11 bits per heavy atom. The van der Waals surface area contributed by atoms with Crippen molar-refractivity contribution in [2.45, 2.75) is 65.0 Å². The van der Waals surface area contributed by atoms with E-state index >= 15 is 0 Å². The van der Waals surface area contributed by atoms with Crippen LogP contribution in [-0.2, 0) is 9.59 Å². The fraction of sp³-hybridized carbons (Fsp3) is 0.652. The number of nitrogens with zero attached hydrogens (tertiary/aromatic N) is 2. The van der Waals surface area contributed by atoms with Gasteiger partial charge in [-0.2, -0.15) is 0 Å². The maximum atomic E-state index is 13.4. The van der Waals surface area contributed by atoms with Crippen molar-refractivity contribution in [2.24, 2.45) is 10.8 Å². The van der Waals surface area contributed by atoms with Crippen LogP contribution < -0.4 is 4.74 Å². The lowest BCUT2D eigenvalue weighted by Gasteiger charge is -2.39. The van der Waals surface area contributed by atoms with Gasteiger partial charge in [0, 0.05) is 19.1 Å². The quantitative estimate of drug-likeness (QED) is 0.799. The average Bonchev–Trinajstić information content (AvgIpc) is 3.21. The highest BCUT2D eigenvalue weighted by Crippen LogP contribution is 2.52. The smallest absolute Gasteiger partial charge is 0.261 e. The summed E-state index contributed by atoms with van der Waals surface area (Å²) in [4.78, 5) is 30.0. The third-order valence-corrected chi connectivity index (χ3v) is 6.66. The minimum atomic E-state index is -0.321. The van der Waals surface area contributed by atoms with Gasteiger partial charge in [0.25, 0.3) is 5.91 Å². The van der Waals surface area contributed by atoms with Crippen molar-refractivity contribution in [3.05, 3.63) is 30.3 Å². The maximum Gasteiger partial charge on any atom is 0.261 e. The number of amides is 2. The van der Waals surface area contributed by atoms with Gasteiger partial charge in [0.1, 0.15) is 11.8 Å². The molecule has 28 heavy (non-hydrogen) atoms. The van der Waals surface area contributed by atoms with Crippen LogP contribution in [0.15, 0.2) is 30.3 Å². The van der Waals surface area contributed by atoms with Crippen molar-refractivity contribution in [3.8, 4) is 5.75 Å². The minimum Gasteiger partial charge on any atom is -0.484 e. The lowest BCUT2D eigenvalue weighted by Crippen LogP contribution is -2.50. The topological polar surface area (TPSA) is 49.9 Å². The monoisotopic (exact) mass is 384 g/mol. The highest BCUT2D eigenvalue weighted by molar-refractivity contribution is 5.89. The molecule has 2 saturated heterocycles. The zero-order valence-electron chi connectivity index (χ0n) is 17.3. The van der Waals surface area contributed by atoms with Crippen molar-refractivity contribution in [1.29, 1.82) is 0 Å². The van der Waals surface area contributed by atoms with Crippen molar-refractivity contribution in [2.75, 3.05) is 19.7 Å². The molecule has 3 atom stereocenters. The van der Waals surface area contributed by atoms with Crippen molar-refractivity contribution in [1.82, 2.24) is 9.80 Å². The van der Waals surface area contributed by atoms with Gasteiger partial charge in [-0.25, -0.2) is 0 Å². The fourth-order valence-corrected chi connectivity index (χ4v) is 5.98. The summed E-state index contributed by atoms with van der Waals surface area (Å²) in [5.41, 5.74) is 0.493. The van der Waals surface area contributed by atoms with E-state index in [1.807, 2.05) is 30.3 Å². The van der Waals surface area contributed by atoms with E-state index in [0.29, 0.717) is 18.3 Å². The van der Waals surface area contributed by atoms with E-state index in [0.717, 1.165) is 32.2 Å². The molecule has 0 N–H and O–H groups in total. The first kappa shape index (κ1) is 19.3. The summed E-state index contributed by atoms with van der Waals surface area (Å²) in [7, 11) is 0. The molecule has 1 aromatic rings. The Labute approximate surface area is 168 Å². The molecule has 2 amide bonds. The molecule has 3 unspecified atom stereocenters. The van der Waals surface area contributed by atoms with Crippen LogP contribution in [0.2, 0.25) is 0 Å². The summed E-state index contributed by atoms with van der Waals surface area (Å²) >= 11 is 0. The summed E-state index contributed by atoms with van der Waals surface area (Å²) in [6.07, 6.45) is 4.97. The molecular weight excluding hydrogens is 352 g/mol. The summed E-state index contributed by atoms with van der Waals surface area (Å²) in [6.45, 7) is 8.42. The van der Waals surface area contributed by atoms with E-state index < -0.39 is 0 Å². The SMILES string of the molecule is CC1(C)CC2CC(C)(CN2C(=O)C2CCCN2C(=O)COc2ccccc2)C1. The van der Waals surface area contributed by atoms with Crippen LogP contribution in [0.25, 0.3) is 0 Å². The van der Waals surface area contributed by atoms with Crippen molar-refractivity contribution >= 4 is 11.8 Å². The molecule has 3 fully saturated rings.